The fraction of sp³-hybridized carbons (Fsp3) is 0.333. The van der Waals surface area contributed by atoms with Gasteiger partial charge in [0.15, 0.2) is 0 Å². The molecule has 0 saturated heterocycles. The van der Waals surface area contributed by atoms with Crippen LogP contribution in [0, 0.1) is 11.6 Å². The van der Waals surface area contributed by atoms with E-state index in [9.17, 15) is 27.6 Å². The van der Waals surface area contributed by atoms with Gasteiger partial charge in [-0.15, -0.1) is 0 Å². The van der Waals surface area contributed by atoms with Gasteiger partial charge < -0.3 is 15.4 Å². The largest absolute Gasteiger partial charge is 0.461 e. The molecule has 0 spiro atoms. The molecule has 1 aromatic heterocycles. The molecule has 1 aliphatic rings. The van der Waals surface area contributed by atoms with E-state index in [2.05, 4.69) is 15.4 Å². The second kappa shape index (κ2) is 15.7. The molecular formula is C36H39F2N5O7S. The van der Waals surface area contributed by atoms with E-state index in [4.69, 9.17) is 4.74 Å². The molecule has 1 saturated carbocycles. The molecule has 1 fully saturated rings. The number of esters is 1. The molecular weight excluding hydrogens is 684 g/mol. The van der Waals surface area contributed by atoms with Crippen molar-refractivity contribution in [1.82, 2.24) is 20.0 Å². The number of nitrogens with one attached hydrogen (secondary N) is 3. The number of aryl methyl sites for hydroxylation is 1. The summed E-state index contributed by atoms with van der Waals surface area (Å²) in [6.45, 7) is 3.21. The number of ether oxygens (including phenoxy) is 1. The molecule has 0 aliphatic heterocycles. The van der Waals surface area contributed by atoms with Gasteiger partial charge in [0.05, 0.1) is 22.4 Å². The van der Waals surface area contributed by atoms with E-state index in [-0.39, 0.29) is 34.4 Å². The van der Waals surface area contributed by atoms with E-state index in [1.165, 1.54) is 35.0 Å². The van der Waals surface area contributed by atoms with Gasteiger partial charge >= 0.3 is 5.97 Å². The Morgan fingerprint density at radius 1 is 0.902 bits per heavy atom. The van der Waals surface area contributed by atoms with Crippen molar-refractivity contribution >= 4 is 33.5 Å². The van der Waals surface area contributed by atoms with Gasteiger partial charge in [0.1, 0.15) is 23.2 Å². The van der Waals surface area contributed by atoms with E-state index in [0.717, 1.165) is 32.1 Å². The van der Waals surface area contributed by atoms with Crippen LogP contribution in [0.15, 0.2) is 82.6 Å². The first kappa shape index (κ1) is 37.0. The third kappa shape index (κ3) is 9.08. The Morgan fingerprint density at radius 3 is 2.10 bits per heavy atom. The first-order chi connectivity index (χ1) is 24.2. The van der Waals surface area contributed by atoms with Crippen molar-refractivity contribution in [1.29, 1.82) is 0 Å². The predicted octanol–water partition coefficient (Wildman–Crippen LogP) is 4.61. The van der Waals surface area contributed by atoms with E-state index >= 15 is 8.78 Å². The van der Waals surface area contributed by atoms with Gasteiger partial charge in [0, 0.05) is 37.3 Å². The summed E-state index contributed by atoms with van der Waals surface area (Å²) in [5.74, 6) is -5.19. The zero-order valence-corrected chi connectivity index (χ0v) is 29.1. The molecule has 0 radical (unpaired) electrons. The summed E-state index contributed by atoms with van der Waals surface area (Å²) in [5, 5.41) is 5.29. The molecule has 270 valence electrons. The van der Waals surface area contributed by atoms with Crippen molar-refractivity contribution in [2.45, 2.75) is 75.5 Å². The minimum Gasteiger partial charge on any atom is -0.461 e. The maximum absolute atomic E-state index is 15.3. The van der Waals surface area contributed by atoms with Crippen molar-refractivity contribution in [2.75, 3.05) is 4.72 Å². The van der Waals surface area contributed by atoms with Crippen LogP contribution < -0.4 is 20.9 Å². The molecule has 51 heavy (non-hydrogen) atoms. The number of sulfonamides is 1. The van der Waals surface area contributed by atoms with Crippen LogP contribution in [0.5, 0.6) is 0 Å². The number of anilines is 1. The number of hydrogen-bond acceptors (Lipinski definition) is 7. The molecule has 1 heterocycles. The molecule has 0 unspecified atom stereocenters. The van der Waals surface area contributed by atoms with Crippen LogP contribution in [0.3, 0.4) is 0 Å². The van der Waals surface area contributed by atoms with Gasteiger partial charge in [-0.3, -0.25) is 23.8 Å². The second-order valence-electron chi connectivity index (χ2n) is 12.7. The average molecular weight is 724 g/mol. The number of hydrogen-bond donors (Lipinski definition) is 3. The van der Waals surface area contributed by atoms with Crippen LogP contribution in [-0.4, -0.2) is 53.8 Å². The number of carbonyl (C=O) groups is 3. The minimum atomic E-state index is -4.35. The van der Waals surface area contributed by atoms with E-state index in [1.54, 1.807) is 56.0 Å². The van der Waals surface area contributed by atoms with Gasteiger partial charge in [0.2, 0.25) is 0 Å². The van der Waals surface area contributed by atoms with Crippen LogP contribution in [0.25, 0.3) is 5.69 Å². The molecule has 2 amide bonds. The molecule has 1 aliphatic carbocycles. The van der Waals surface area contributed by atoms with Gasteiger partial charge in [-0.05, 0) is 80.8 Å². The Morgan fingerprint density at radius 2 is 1.53 bits per heavy atom. The highest BCUT2D eigenvalue weighted by molar-refractivity contribution is 7.92. The average Bonchev–Trinajstić information content (AvgIpc) is 3.41. The number of halogens is 2. The Balaban J connectivity index is 1.28. The van der Waals surface area contributed by atoms with E-state index in [1.807, 2.05) is 0 Å². The number of aromatic nitrogens is 2. The summed E-state index contributed by atoms with van der Waals surface area (Å²) >= 11 is 0. The normalized spacial score (nSPS) is 14.2. The lowest BCUT2D eigenvalue weighted by molar-refractivity contribution is -0.149. The zero-order chi connectivity index (χ0) is 36.9. The molecule has 1 atom stereocenters. The number of nitrogens with zero attached hydrogens (tertiary/aromatic N) is 2. The van der Waals surface area contributed by atoms with Crippen LogP contribution in [0.1, 0.15) is 72.2 Å². The standard InChI is InChI=1S/C36H39F2N5O7S/c1-22(2)50-36(47)31(19-23-9-13-27(14-10-23)43-32(44)17-18-42(43)3)40-35(46)33-29(37)20-26(21-30(33)38)41-51(48,49)28-15-11-24(12-16-28)34(45)39-25-7-5-4-6-8-25/h9-18,20-22,25,31,41H,4-8,19H2,1-3H3,(H,39,45)(H,40,46)/t31-/m0/s1. The number of amides is 2. The first-order valence-corrected chi connectivity index (χ1v) is 18.0. The molecule has 12 nitrogen and oxygen atoms in total. The van der Waals surface area contributed by atoms with E-state index < -0.39 is 56.9 Å². The summed E-state index contributed by atoms with van der Waals surface area (Å²) in [6.07, 6.45) is 5.90. The van der Waals surface area contributed by atoms with Crippen LogP contribution in [0.4, 0.5) is 14.5 Å². The summed E-state index contributed by atoms with van der Waals surface area (Å²) in [6, 6.07) is 13.1. The van der Waals surface area contributed by atoms with Crippen molar-refractivity contribution in [2.24, 2.45) is 7.05 Å². The summed E-state index contributed by atoms with van der Waals surface area (Å²) in [7, 11) is -2.65. The van der Waals surface area contributed by atoms with Gasteiger partial charge in [0.25, 0.3) is 27.4 Å². The topological polar surface area (TPSA) is 158 Å². The maximum Gasteiger partial charge on any atom is 0.329 e. The van der Waals surface area contributed by atoms with Crippen LogP contribution >= 0.6 is 0 Å². The molecule has 0 bridgehead atoms. The molecule has 3 aromatic carbocycles. The third-order valence-electron chi connectivity index (χ3n) is 8.41. The molecule has 4 aromatic rings. The zero-order valence-electron chi connectivity index (χ0n) is 28.3. The highest BCUT2D eigenvalue weighted by atomic mass is 32.2. The Labute approximate surface area is 293 Å². The summed E-state index contributed by atoms with van der Waals surface area (Å²) in [4.78, 5) is 50.7. The highest BCUT2D eigenvalue weighted by Gasteiger charge is 2.28. The number of benzene rings is 3. The van der Waals surface area contributed by atoms with E-state index in [0.29, 0.717) is 23.4 Å². The molecule has 5 rings (SSSR count). The fourth-order valence-corrected chi connectivity index (χ4v) is 6.93. The lowest BCUT2D eigenvalue weighted by atomic mass is 9.95. The van der Waals surface area contributed by atoms with Gasteiger partial charge in [-0.2, -0.15) is 0 Å². The van der Waals surface area contributed by atoms with Crippen LogP contribution in [0.2, 0.25) is 0 Å². The SMILES string of the molecule is CC(C)OC(=O)[C@H](Cc1ccc(-n2c(=O)ccn2C)cc1)NC(=O)c1c(F)cc(NS(=O)(=O)c2ccc(C(=O)NC3CCCCC3)cc2)cc1F. The monoisotopic (exact) mass is 723 g/mol. The Kier molecular flexibility index (Phi) is 11.4. The van der Waals surface area contributed by atoms with Crippen LogP contribution in [-0.2, 0) is 33.0 Å². The van der Waals surface area contributed by atoms with Crippen molar-refractivity contribution in [3.63, 3.8) is 0 Å². The molecule has 3 N–H and O–H groups in total. The van der Waals surface area contributed by atoms with Crippen molar-refractivity contribution in [3.8, 4) is 5.69 Å². The smallest absolute Gasteiger partial charge is 0.329 e. The quantitative estimate of drug-likeness (QED) is 0.180. The third-order valence-corrected chi connectivity index (χ3v) is 9.81. The fourth-order valence-electron chi connectivity index (χ4n) is 5.88. The lowest BCUT2D eigenvalue weighted by Crippen LogP contribution is -2.44. The minimum absolute atomic E-state index is 0.0673. The number of carbonyl (C=O) groups excluding carboxylic acids is 3. The maximum atomic E-state index is 15.3. The van der Waals surface area contributed by atoms with Crippen molar-refractivity contribution in [3.05, 3.63) is 112 Å². The number of rotatable bonds is 12. The van der Waals surface area contributed by atoms with Gasteiger partial charge in [-0.25, -0.2) is 26.7 Å². The predicted molar refractivity (Wildman–Crippen MR) is 185 cm³/mol. The van der Waals surface area contributed by atoms with Gasteiger partial charge in [-0.1, -0.05) is 31.4 Å². The molecule has 15 heteroatoms. The highest BCUT2D eigenvalue weighted by Crippen LogP contribution is 2.24. The Hall–Kier alpha value is -5.31. The Bertz CT molecular complexity index is 2050. The lowest BCUT2D eigenvalue weighted by Gasteiger charge is -2.22. The summed E-state index contributed by atoms with van der Waals surface area (Å²) in [5.41, 5.74) is -0.404. The summed E-state index contributed by atoms with van der Waals surface area (Å²) < 4.78 is 67.0. The first-order valence-electron chi connectivity index (χ1n) is 16.5. The second-order valence-corrected chi connectivity index (χ2v) is 14.4. The van der Waals surface area contributed by atoms with Crippen molar-refractivity contribution < 1.29 is 36.3 Å².